The second-order valence-electron chi connectivity index (χ2n) is 5.56. The number of nitrogens with one attached hydrogen (secondary N) is 1. The maximum atomic E-state index is 13.1. The van der Waals surface area contributed by atoms with E-state index in [1.807, 2.05) is 0 Å². The highest BCUT2D eigenvalue weighted by molar-refractivity contribution is 5.95. The number of carbonyl (C=O) groups excluding carboxylic acids is 1. The van der Waals surface area contributed by atoms with E-state index in [1.165, 1.54) is 12.1 Å². The average molecular weight is 333 g/mol. The molecule has 7 heteroatoms. The van der Waals surface area contributed by atoms with E-state index in [2.05, 4.69) is 5.32 Å². The van der Waals surface area contributed by atoms with Crippen molar-refractivity contribution in [2.24, 2.45) is 0 Å². The Kier molecular flexibility index (Phi) is 4.61. The fourth-order valence-electron chi connectivity index (χ4n) is 2.71. The van der Waals surface area contributed by atoms with Gasteiger partial charge in [-0.2, -0.15) is 0 Å². The molecule has 0 saturated carbocycles. The Morgan fingerprint density at radius 2 is 2.04 bits per heavy atom. The third-order valence-corrected chi connectivity index (χ3v) is 3.92. The Hall–Kier alpha value is -2.67. The van der Waals surface area contributed by atoms with E-state index in [0.29, 0.717) is 12.2 Å². The zero-order valence-corrected chi connectivity index (χ0v) is 12.7. The molecular weight excluding hydrogens is 317 g/mol. The maximum absolute atomic E-state index is 13.1. The van der Waals surface area contributed by atoms with Crippen LogP contribution in [-0.2, 0) is 4.74 Å². The Labute approximate surface area is 137 Å². The first-order valence-electron chi connectivity index (χ1n) is 7.54. The monoisotopic (exact) mass is 333 g/mol. The lowest BCUT2D eigenvalue weighted by Crippen LogP contribution is -2.36. The Bertz CT molecular complexity index is 734. The van der Waals surface area contributed by atoms with Gasteiger partial charge in [-0.15, -0.1) is 0 Å². The van der Waals surface area contributed by atoms with Gasteiger partial charge in [0.25, 0.3) is 5.91 Å². The van der Waals surface area contributed by atoms with E-state index >= 15 is 0 Å². The molecule has 2 N–H and O–H groups in total. The summed E-state index contributed by atoms with van der Waals surface area (Å²) in [6, 6.07) is 6.51. The number of ether oxygens (including phenoxy) is 1. The highest BCUT2D eigenvalue weighted by Gasteiger charge is 2.30. The zero-order valence-electron chi connectivity index (χ0n) is 12.7. The summed E-state index contributed by atoms with van der Waals surface area (Å²) in [6.07, 6.45) is 2.42. The second kappa shape index (κ2) is 6.84. The molecule has 1 aromatic heterocycles. The molecule has 1 fully saturated rings. The number of hydrogen-bond acceptors (Lipinski definition) is 4. The highest BCUT2D eigenvalue weighted by Crippen LogP contribution is 2.27. The summed E-state index contributed by atoms with van der Waals surface area (Å²) in [5, 5.41) is 11.7. The molecule has 0 unspecified atom stereocenters. The highest BCUT2D eigenvalue weighted by atomic mass is 19.1. The van der Waals surface area contributed by atoms with E-state index in [0.717, 1.165) is 25.2 Å². The van der Waals surface area contributed by atoms with E-state index in [1.54, 1.807) is 12.1 Å². The number of amides is 1. The van der Waals surface area contributed by atoms with Crippen LogP contribution in [0.4, 0.5) is 4.39 Å². The Morgan fingerprint density at radius 1 is 1.29 bits per heavy atom. The lowest BCUT2D eigenvalue weighted by molar-refractivity contribution is 0.0657. The molecule has 0 spiro atoms. The molecule has 1 aromatic carbocycles. The molecule has 1 aliphatic rings. The maximum Gasteiger partial charge on any atom is 0.338 e. The summed E-state index contributed by atoms with van der Waals surface area (Å²) >= 11 is 0. The molecule has 1 saturated heterocycles. The Morgan fingerprint density at radius 3 is 2.62 bits per heavy atom. The standard InChI is InChI=1S/C17H16FNO5/c18-12-5-3-10(4-6-12)15(13-2-1-7-23-13)19-16(20)14-8-11(9-24-14)17(21)22/h3-6,8-9,13,15H,1-2,7H2,(H,19,20)(H,21,22)/t13-,15-/m0/s1. The SMILES string of the molecule is O=C(O)c1coc(C(=O)N[C@@H](c2ccc(F)cc2)[C@@H]2CCCO2)c1. The third kappa shape index (κ3) is 3.46. The second-order valence-corrected chi connectivity index (χ2v) is 5.56. The van der Waals surface area contributed by atoms with E-state index in [9.17, 15) is 14.0 Å². The van der Waals surface area contributed by atoms with Gasteiger partial charge in [-0.3, -0.25) is 4.79 Å². The van der Waals surface area contributed by atoms with Crippen LogP contribution in [0.15, 0.2) is 41.0 Å². The predicted octanol–water partition coefficient (Wildman–Crippen LogP) is 2.77. The summed E-state index contributed by atoms with van der Waals surface area (Å²) < 4.78 is 23.8. The van der Waals surface area contributed by atoms with Crippen molar-refractivity contribution in [3.8, 4) is 0 Å². The van der Waals surface area contributed by atoms with Crippen LogP contribution in [0.1, 0.15) is 45.4 Å². The average Bonchev–Trinajstić information content (AvgIpc) is 3.25. The van der Waals surface area contributed by atoms with Crippen molar-refractivity contribution in [3.05, 3.63) is 59.3 Å². The fourth-order valence-corrected chi connectivity index (χ4v) is 2.71. The first-order chi connectivity index (χ1) is 11.5. The van der Waals surface area contributed by atoms with Crippen molar-refractivity contribution in [2.45, 2.75) is 25.0 Å². The van der Waals surface area contributed by atoms with Crippen molar-refractivity contribution >= 4 is 11.9 Å². The van der Waals surface area contributed by atoms with Crippen LogP contribution in [0.2, 0.25) is 0 Å². The van der Waals surface area contributed by atoms with Crippen molar-refractivity contribution in [3.63, 3.8) is 0 Å². The number of halogens is 1. The third-order valence-electron chi connectivity index (χ3n) is 3.92. The molecule has 2 aromatic rings. The lowest BCUT2D eigenvalue weighted by atomic mass is 9.99. The van der Waals surface area contributed by atoms with Crippen LogP contribution < -0.4 is 5.32 Å². The van der Waals surface area contributed by atoms with Gasteiger partial charge < -0.3 is 19.6 Å². The summed E-state index contributed by atoms with van der Waals surface area (Å²) in [6.45, 7) is 0.599. The molecule has 126 valence electrons. The molecule has 0 radical (unpaired) electrons. The van der Waals surface area contributed by atoms with Crippen LogP contribution in [0.3, 0.4) is 0 Å². The number of carbonyl (C=O) groups is 2. The first kappa shape index (κ1) is 16.2. The van der Waals surface area contributed by atoms with Gasteiger partial charge in [0.15, 0.2) is 5.76 Å². The normalized spacial score (nSPS) is 18.3. The van der Waals surface area contributed by atoms with Crippen LogP contribution >= 0.6 is 0 Å². The molecular formula is C17H16FNO5. The predicted molar refractivity (Wildman–Crippen MR) is 81.2 cm³/mol. The van der Waals surface area contributed by atoms with E-state index in [4.69, 9.17) is 14.3 Å². The summed E-state index contributed by atoms with van der Waals surface area (Å²) in [5.41, 5.74) is 0.609. The molecule has 1 amide bonds. The fraction of sp³-hybridized carbons (Fsp3) is 0.294. The van der Waals surface area contributed by atoms with Gasteiger partial charge >= 0.3 is 5.97 Å². The minimum atomic E-state index is -1.17. The largest absolute Gasteiger partial charge is 0.478 e. The van der Waals surface area contributed by atoms with Crippen molar-refractivity contribution in [2.75, 3.05) is 6.61 Å². The van der Waals surface area contributed by atoms with Crippen LogP contribution in [0, 0.1) is 5.82 Å². The van der Waals surface area contributed by atoms with Gasteiger partial charge in [0.05, 0.1) is 17.7 Å². The molecule has 3 rings (SSSR count). The van der Waals surface area contributed by atoms with Gasteiger partial charge in [0.2, 0.25) is 0 Å². The van der Waals surface area contributed by atoms with E-state index < -0.39 is 17.9 Å². The number of hydrogen-bond donors (Lipinski definition) is 2. The molecule has 6 nitrogen and oxygen atoms in total. The minimum absolute atomic E-state index is 0.0995. The number of benzene rings is 1. The molecule has 1 aliphatic heterocycles. The van der Waals surface area contributed by atoms with Gasteiger partial charge in [0.1, 0.15) is 12.1 Å². The van der Waals surface area contributed by atoms with Gasteiger partial charge in [-0.1, -0.05) is 12.1 Å². The number of carboxylic acids is 1. The quantitative estimate of drug-likeness (QED) is 0.878. The molecule has 2 atom stereocenters. The van der Waals surface area contributed by atoms with Gasteiger partial charge in [-0.05, 0) is 30.5 Å². The van der Waals surface area contributed by atoms with E-state index in [-0.39, 0.29) is 23.2 Å². The number of furan rings is 1. The number of carboxylic acid groups (broad SMARTS) is 1. The summed E-state index contributed by atoms with van der Waals surface area (Å²) in [7, 11) is 0. The van der Waals surface area contributed by atoms with Crippen molar-refractivity contribution in [1.29, 1.82) is 0 Å². The summed E-state index contributed by atoms with van der Waals surface area (Å²) in [4.78, 5) is 23.2. The molecule has 2 heterocycles. The first-order valence-corrected chi connectivity index (χ1v) is 7.54. The molecule has 0 bridgehead atoms. The topological polar surface area (TPSA) is 88.8 Å². The zero-order chi connectivity index (χ0) is 17.1. The smallest absolute Gasteiger partial charge is 0.338 e. The number of aromatic carboxylic acids is 1. The number of rotatable bonds is 5. The van der Waals surface area contributed by atoms with Gasteiger partial charge in [-0.25, -0.2) is 9.18 Å². The van der Waals surface area contributed by atoms with Gasteiger partial charge in [0, 0.05) is 12.7 Å². The van der Waals surface area contributed by atoms with Crippen molar-refractivity contribution < 1.29 is 28.2 Å². The molecule has 24 heavy (non-hydrogen) atoms. The van der Waals surface area contributed by atoms with Crippen LogP contribution in [0.5, 0.6) is 0 Å². The molecule has 0 aliphatic carbocycles. The minimum Gasteiger partial charge on any atom is -0.478 e. The van der Waals surface area contributed by atoms with Crippen molar-refractivity contribution in [1.82, 2.24) is 5.32 Å². The Balaban J connectivity index is 1.81. The summed E-state index contributed by atoms with van der Waals surface area (Å²) in [5.74, 6) is -2.19. The van der Waals surface area contributed by atoms with Crippen LogP contribution in [0.25, 0.3) is 0 Å². The lowest BCUT2D eigenvalue weighted by Gasteiger charge is -2.24. The van der Waals surface area contributed by atoms with Crippen LogP contribution in [-0.4, -0.2) is 29.7 Å².